The Morgan fingerprint density at radius 2 is 1.81 bits per heavy atom. The summed E-state index contributed by atoms with van der Waals surface area (Å²) >= 11 is 0. The molecule has 1 amide bonds. The fourth-order valence-electron chi connectivity index (χ4n) is 4.47. The molecular weight excluding hydrogens is 392 g/mol. The molecule has 2 aromatic rings. The predicted octanol–water partition coefficient (Wildman–Crippen LogP) is 4.32. The van der Waals surface area contributed by atoms with Gasteiger partial charge in [-0.2, -0.15) is 0 Å². The van der Waals surface area contributed by atoms with Crippen molar-refractivity contribution in [2.45, 2.75) is 46.1 Å². The molecule has 2 aromatic carbocycles. The van der Waals surface area contributed by atoms with E-state index in [4.69, 9.17) is 14.2 Å². The quantitative estimate of drug-likeness (QED) is 0.663. The second-order valence-electron chi connectivity index (χ2n) is 8.30. The fraction of sp³-hybridized carbons (Fsp3) is 0.480. The van der Waals surface area contributed by atoms with Crippen LogP contribution < -0.4 is 19.1 Å². The molecule has 31 heavy (non-hydrogen) atoms. The highest BCUT2D eigenvalue weighted by Gasteiger charge is 2.29. The van der Waals surface area contributed by atoms with E-state index in [9.17, 15) is 4.79 Å². The fourth-order valence-corrected chi connectivity index (χ4v) is 4.47. The molecule has 6 heteroatoms. The lowest BCUT2D eigenvalue weighted by molar-refractivity contribution is -0.119. The summed E-state index contributed by atoms with van der Waals surface area (Å²) in [6, 6.07) is 12.2. The number of ether oxygens (including phenoxy) is 3. The number of fused-ring (bicyclic) bond motifs is 1. The highest BCUT2D eigenvalue weighted by atomic mass is 16.7. The van der Waals surface area contributed by atoms with Crippen LogP contribution in [-0.4, -0.2) is 49.9 Å². The number of piperidine rings is 1. The van der Waals surface area contributed by atoms with Gasteiger partial charge in [-0.3, -0.25) is 9.69 Å². The first-order chi connectivity index (χ1) is 15.1. The van der Waals surface area contributed by atoms with E-state index in [1.807, 2.05) is 30.0 Å². The van der Waals surface area contributed by atoms with Crippen LogP contribution in [0.4, 0.5) is 5.69 Å². The first-order valence-corrected chi connectivity index (χ1v) is 11.2. The van der Waals surface area contributed by atoms with E-state index in [1.54, 1.807) is 0 Å². The van der Waals surface area contributed by atoms with Crippen LogP contribution >= 0.6 is 0 Å². The van der Waals surface area contributed by atoms with Crippen molar-refractivity contribution in [1.29, 1.82) is 0 Å². The van der Waals surface area contributed by atoms with Gasteiger partial charge < -0.3 is 19.1 Å². The lowest BCUT2D eigenvalue weighted by Gasteiger charge is -2.38. The van der Waals surface area contributed by atoms with Gasteiger partial charge in [0.25, 0.3) is 0 Å². The van der Waals surface area contributed by atoms with Crippen LogP contribution in [0.15, 0.2) is 36.4 Å². The Balaban J connectivity index is 1.34. The predicted molar refractivity (Wildman–Crippen MR) is 121 cm³/mol. The maximum atomic E-state index is 12.8. The highest BCUT2D eigenvalue weighted by Crippen LogP contribution is 2.37. The highest BCUT2D eigenvalue weighted by molar-refractivity contribution is 5.94. The average molecular weight is 425 g/mol. The molecule has 0 bridgehead atoms. The van der Waals surface area contributed by atoms with Crippen molar-refractivity contribution < 1.29 is 19.0 Å². The summed E-state index contributed by atoms with van der Waals surface area (Å²) in [5, 5.41) is 0. The van der Waals surface area contributed by atoms with Crippen molar-refractivity contribution in [2.24, 2.45) is 0 Å². The Morgan fingerprint density at radius 3 is 2.52 bits per heavy atom. The van der Waals surface area contributed by atoms with E-state index < -0.39 is 0 Å². The number of amides is 1. The lowest BCUT2D eigenvalue weighted by atomic mass is 10.0. The van der Waals surface area contributed by atoms with Gasteiger partial charge >= 0.3 is 0 Å². The van der Waals surface area contributed by atoms with Crippen LogP contribution in [-0.2, 0) is 4.79 Å². The molecule has 0 saturated carbocycles. The molecular formula is C25H32N2O4. The number of benzene rings is 2. The molecule has 0 spiro atoms. The third-order valence-electron chi connectivity index (χ3n) is 6.19. The average Bonchev–Trinajstić information content (AvgIpc) is 3.25. The molecule has 0 N–H and O–H groups in total. The summed E-state index contributed by atoms with van der Waals surface area (Å²) in [6.07, 6.45) is 2.38. The molecule has 6 nitrogen and oxygen atoms in total. The molecule has 0 aliphatic carbocycles. The lowest BCUT2D eigenvalue weighted by Crippen LogP contribution is -2.48. The molecule has 0 atom stereocenters. The Hall–Kier alpha value is -2.73. The van der Waals surface area contributed by atoms with Crippen molar-refractivity contribution in [2.75, 3.05) is 37.9 Å². The van der Waals surface area contributed by atoms with Crippen molar-refractivity contribution in [1.82, 2.24) is 4.90 Å². The standard InChI is InChI=1S/C25H32N2O4/c1-4-24(28)27(21-8-9-22-23(16-21)31-17-30-22)20-10-12-26(13-11-20)14-15-29-25-18(2)6-5-7-19(25)3/h5-9,16,20H,4,10-15,17H2,1-3H3. The number of likely N-dealkylation sites (tertiary alicyclic amines) is 1. The van der Waals surface area contributed by atoms with Gasteiger partial charge in [0.1, 0.15) is 12.4 Å². The van der Waals surface area contributed by atoms with Gasteiger partial charge in [-0.1, -0.05) is 25.1 Å². The largest absolute Gasteiger partial charge is 0.492 e. The third kappa shape index (κ3) is 4.79. The van der Waals surface area contributed by atoms with E-state index in [0.29, 0.717) is 18.8 Å². The van der Waals surface area contributed by atoms with Crippen LogP contribution in [0.3, 0.4) is 0 Å². The summed E-state index contributed by atoms with van der Waals surface area (Å²) in [6.45, 7) is 9.82. The Kier molecular flexibility index (Phi) is 6.66. The van der Waals surface area contributed by atoms with Crippen LogP contribution in [0.1, 0.15) is 37.3 Å². The number of carbonyl (C=O) groups is 1. The van der Waals surface area contributed by atoms with Crippen molar-refractivity contribution in [3.63, 3.8) is 0 Å². The minimum atomic E-state index is 0.149. The zero-order valence-corrected chi connectivity index (χ0v) is 18.7. The van der Waals surface area contributed by atoms with Gasteiger partial charge in [0.2, 0.25) is 12.7 Å². The summed E-state index contributed by atoms with van der Waals surface area (Å²) in [5.74, 6) is 2.61. The van der Waals surface area contributed by atoms with Gasteiger partial charge in [-0.25, -0.2) is 0 Å². The van der Waals surface area contributed by atoms with Gasteiger partial charge in [0, 0.05) is 43.9 Å². The first-order valence-electron chi connectivity index (χ1n) is 11.2. The van der Waals surface area contributed by atoms with Crippen LogP contribution in [0.25, 0.3) is 0 Å². The van der Waals surface area contributed by atoms with Crippen molar-refractivity contribution in [3.05, 3.63) is 47.5 Å². The number of hydrogen-bond acceptors (Lipinski definition) is 5. The van der Waals surface area contributed by atoms with Gasteiger partial charge in [-0.05, 0) is 49.9 Å². The van der Waals surface area contributed by atoms with E-state index in [0.717, 1.165) is 49.7 Å². The Labute approximate surface area is 184 Å². The van der Waals surface area contributed by atoms with E-state index in [-0.39, 0.29) is 18.7 Å². The summed E-state index contributed by atoms with van der Waals surface area (Å²) in [5.41, 5.74) is 3.25. The second-order valence-corrected chi connectivity index (χ2v) is 8.30. The van der Waals surface area contributed by atoms with E-state index in [2.05, 4.69) is 36.9 Å². The number of carbonyl (C=O) groups excluding carboxylic acids is 1. The smallest absolute Gasteiger partial charge is 0.231 e. The summed E-state index contributed by atoms with van der Waals surface area (Å²) < 4.78 is 17.0. The van der Waals surface area contributed by atoms with Crippen LogP contribution in [0.2, 0.25) is 0 Å². The zero-order chi connectivity index (χ0) is 21.8. The van der Waals surface area contributed by atoms with Crippen LogP contribution in [0.5, 0.6) is 17.2 Å². The maximum Gasteiger partial charge on any atom is 0.231 e. The molecule has 2 heterocycles. The SMILES string of the molecule is CCC(=O)N(c1ccc2c(c1)OCO2)C1CCN(CCOc2c(C)cccc2C)CC1. The molecule has 0 radical (unpaired) electrons. The summed E-state index contributed by atoms with van der Waals surface area (Å²) in [4.78, 5) is 17.2. The molecule has 4 rings (SSSR count). The number of hydrogen-bond donors (Lipinski definition) is 0. The molecule has 166 valence electrons. The number of rotatable bonds is 7. The van der Waals surface area contributed by atoms with Gasteiger partial charge in [0.05, 0.1) is 0 Å². The number of nitrogens with zero attached hydrogens (tertiary/aromatic N) is 2. The molecule has 1 saturated heterocycles. The Morgan fingerprint density at radius 1 is 1.10 bits per heavy atom. The first kappa shape index (κ1) is 21.5. The maximum absolute atomic E-state index is 12.8. The number of aryl methyl sites for hydroxylation is 2. The molecule has 0 aromatic heterocycles. The molecule has 1 fully saturated rings. The zero-order valence-electron chi connectivity index (χ0n) is 18.7. The third-order valence-corrected chi connectivity index (χ3v) is 6.19. The minimum Gasteiger partial charge on any atom is -0.492 e. The van der Waals surface area contributed by atoms with Gasteiger partial charge in [0.15, 0.2) is 11.5 Å². The molecule has 2 aliphatic rings. The van der Waals surface area contributed by atoms with Crippen molar-refractivity contribution in [3.8, 4) is 17.2 Å². The number of para-hydroxylation sites is 1. The molecule has 2 aliphatic heterocycles. The monoisotopic (exact) mass is 424 g/mol. The normalized spacial score (nSPS) is 16.4. The molecule has 0 unspecified atom stereocenters. The topological polar surface area (TPSA) is 51.2 Å². The second kappa shape index (κ2) is 9.60. The van der Waals surface area contributed by atoms with E-state index >= 15 is 0 Å². The van der Waals surface area contributed by atoms with Crippen LogP contribution in [0, 0.1) is 13.8 Å². The van der Waals surface area contributed by atoms with E-state index in [1.165, 1.54) is 11.1 Å². The minimum absolute atomic E-state index is 0.149. The Bertz CT molecular complexity index is 901. The summed E-state index contributed by atoms with van der Waals surface area (Å²) in [7, 11) is 0. The van der Waals surface area contributed by atoms with Gasteiger partial charge in [-0.15, -0.1) is 0 Å². The van der Waals surface area contributed by atoms with Crippen molar-refractivity contribution >= 4 is 11.6 Å². The number of anilines is 1.